The van der Waals surface area contributed by atoms with Crippen molar-refractivity contribution in [3.05, 3.63) is 258 Å². The van der Waals surface area contributed by atoms with Crippen LogP contribution in [0.5, 0.6) is 0 Å². The second-order valence-electron chi connectivity index (χ2n) is 24.4. The number of fused-ring (bicyclic) bond motifs is 18. The molecule has 2 aliphatic rings. The number of aromatic nitrogens is 8. The van der Waals surface area contributed by atoms with Gasteiger partial charge in [0.2, 0.25) is 34.9 Å². The van der Waals surface area contributed by atoms with Crippen molar-refractivity contribution < 1.29 is 132 Å². The summed E-state index contributed by atoms with van der Waals surface area (Å²) in [6.07, 6.45) is 2.77. The maximum Gasteiger partial charge on any atom is 0.200 e. The quantitative estimate of drug-likeness (QED) is 0.0541. The molecule has 8 aromatic heterocycles. The standard InChI is InChI=1S/C74H20F30N8/c75-43-37(44(76)56(88)67(99)55(43)87)31-18-2-1-17(105-18)29-13-16(74(111-29)36(42-53(85)65(97)72(104)66(98)54(42)86)27-10-9-24(109-27)33(21-4-3-19(31)106-21)39-47(79)59(91)69(101)60(92)48(39)80)15-14-30-35(41-51(83)63(95)71(103)64(96)52(41)84)26-8-7-22(108-26)32(38-45(77)57(89)68(100)58(90)46(38)78)20-5-6-23(107-20)34(25-11-12-28(110-25)73(15)112-30)40-49(81)61(93)70(102)62(94)50(40)82/h1-14,106-109,111-112H. The van der Waals surface area contributed by atoms with Gasteiger partial charge in [0, 0.05) is 94.2 Å². The Bertz CT molecular complexity index is 6860. The summed E-state index contributed by atoms with van der Waals surface area (Å²) in [5, 5.41) is 0. The molecule has 0 saturated carbocycles. The zero-order chi connectivity index (χ0) is 80.2. The molecule has 2 aliphatic heterocycles. The van der Waals surface area contributed by atoms with Crippen molar-refractivity contribution in [2.45, 2.75) is 0 Å². The van der Waals surface area contributed by atoms with Gasteiger partial charge in [-0.3, -0.25) is 0 Å². The zero-order valence-corrected chi connectivity index (χ0v) is 53.3. The van der Waals surface area contributed by atoms with Crippen LogP contribution in [0.3, 0.4) is 0 Å². The van der Waals surface area contributed by atoms with Gasteiger partial charge in [-0.25, -0.2) is 142 Å². The molecular formula is C74H20F30N8. The molecule has 0 unspecified atom stereocenters. The Morgan fingerprint density at radius 1 is 0.152 bits per heavy atom. The predicted molar refractivity (Wildman–Crippen MR) is 341 cm³/mol. The van der Waals surface area contributed by atoms with Gasteiger partial charge in [-0.1, -0.05) is 0 Å². The average molecular weight is 1590 g/mol. The number of halogens is 30. The Kier molecular flexibility index (Phi) is 16.7. The van der Waals surface area contributed by atoms with Crippen LogP contribution in [-0.4, -0.2) is 39.9 Å². The van der Waals surface area contributed by atoms with Crippen LogP contribution in [0.2, 0.25) is 0 Å². The monoisotopic (exact) mass is 1590 g/mol. The molecule has 10 heterocycles. The highest BCUT2D eigenvalue weighted by molar-refractivity contribution is 6.11. The average Bonchev–Trinajstić information content (AvgIpc) is 1.56. The maximum absolute atomic E-state index is 17.3. The van der Waals surface area contributed by atoms with Crippen molar-refractivity contribution in [1.29, 1.82) is 0 Å². The molecule has 0 spiro atoms. The van der Waals surface area contributed by atoms with Crippen LogP contribution in [-0.2, 0) is 0 Å². The summed E-state index contributed by atoms with van der Waals surface area (Å²) >= 11 is 0. The molecule has 8 nitrogen and oxygen atoms in total. The van der Waals surface area contributed by atoms with Crippen LogP contribution in [0.1, 0.15) is 22.8 Å². The molecule has 0 fully saturated rings. The minimum atomic E-state index is -2.91. The summed E-state index contributed by atoms with van der Waals surface area (Å²) < 4.78 is 480. The van der Waals surface area contributed by atoms with E-state index in [-0.39, 0.29) is 0 Å². The van der Waals surface area contributed by atoms with E-state index in [1.807, 2.05) is 0 Å². The van der Waals surface area contributed by atoms with Crippen LogP contribution in [0.25, 0.3) is 168 Å². The van der Waals surface area contributed by atoms with Crippen molar-refractivity contribution in [2.75, 3.05) is 0 Å². The van der Waals surface area contributed by atoms with Gasteiger partial charge in [-0.2, -0.15) is 0 Å². The van der Waals surface area contributed by atoms with E-state index in [2.05, 4.69) is 39.9 Å². The fourth-order valence-electron chi connectivity index (χ4n) is 13.4. The molecule has 0 amide bonds. The van der Waals surface area contributed by atoms with Crippen LogP contribution >= 0.6 is 0 Å². The zero-order valence-electron chi connectivity index (χ0n) is 53.3. The summed E-state index contributed by atoms with van der Waals surface area (Å²) in [6.45, 7) is 0. The SMILES string of the molecule is Fc1c(F)c(F)c(-c2c3nc(c4[nH]c(cc4-c4cc5[nH]c4c(-c4c(F)c(F)c(F)c(F)c4F)c4ccc([nH]4)c(-c4c(F)c(F)c(F)c(F)c4F)c4ccc([nH]4)c(-c4c(F)c(F)c(F)c(F)c4F)c4nc5C=C4)c(-c4c(F)c(F)c(F)c(F)c4F)c4ccc([nH]4)c(-c4c(F)c(F)c(F)c(F)c4F)c4ccc2[nH]4)C=C3)c(F)c1F. The van der Waals surface area contributed by atoms with E-state index in [0.717, 1.165) is 6.08 Å². The van der Waals surface area contributed by atoms with Crippen LogP contribution in [0.4, 0.5) is 132 Å². The Morgan fingerprint density at radius 2 is 0.339 bits per heavy atom. The molecule has 38 heteroatoms. The van der Waals surface area contributed by atoms with E-state index in [4.69, 9.17) is 0 Å². The van der Waals surface area contributed by atoms with E-state index in [0.29, 0.717) is 78.9 Å². The van der Waals surface area contributed by atoms with E-state index in [1.165, 1.54) is 0 Å². The third-order valence-corrected chi connectivity index (χ3v) is 18.4. The molecule has 14 aromatic rings. The van der Waals surface area contributed by atoms with Gasteiger partial charge in [0.05, 0.1) is 72.7 Å². The lowest BCUT2D eigenvalue weighted by atomic mass is 9.98. The van der Waals surface area contributed by atoms with Gasteiger partial charge >= 0.3 is 0 Å². The summed E-state index contributed by atoms with van der Waals surface area (Å²) in [5.41, 5.74) is -38.9. The third kappa shape index (κ3) is 10.3. The number of nitrogens with one attached hydrogen (secondary N) is 6. The Morgan fingerprint density at radius 3 is 0.634 bits per heavy atom. The first-order valence-electron chi connectivity index (χ1n) is 30.9. The minimum Gasteiger partial charge on any atom is -0.354 e. The van der Waals surface area contributed by atoms with Crippen molar-refractivity contribution in [1.82, 2.24) is 39.9 Å². The van der Waals surface area contributed by atoms with Crippen molar-refractivity contribution in [3.8, 4) is 77.9 Å². The first-order valence-corrected chi connectivity index (χ1v) is 30.9. The van der Waals surface area contributed by atoms with E-state index < -0.39 is 341 Å². The normalized spacial score (nSPS) is 12.3. The van der Waals surface area contributed by atoms with Gasteiger partial charge in [-0.05, 0) is 85.0 Å². The number of benzene rings is 6. The summed E-state index contributed by atoms with van der Waals surface area (Å²) in [7, 11) is 0. The number of H-pyrrole nitrogens is 6. The van der Waals surface area contributed by atoms with Crippen LogP contribution < -0.4 is 0 Å². The van der Waals surface area contributed by atoms with Crippen molar-refractivity contribution in [3.63, 3.8) is 0 Å². The maximum atomic E-state index is 17.3. The number of rotatable bonds is 7. The molecule has 566 valence electrons. The van der Waals surface area contributed by atoms with Crippen LogP contribution in [0.15, 0.2) is 60.7 Å². The first kappa shape index (κ1) is 72.9. The second-order valence-corrected chi connectivity index (χ2v) is 24.4. The molecule has 6 aromatic carbocycles. The van der Waals surface area contributed by atoms with Crippen molar-refractivity contribution in [2.24, 2.45) is 0 Å². The lowest BCUT2D eigenvalue weighted by Gasteiger charge is -2.11. The largest absolute Gasteiger partial charge is 0.354 e. The van der Waals surface area contributed by atoms with Gasteiger partial charge in [-0.15, -0.1) is 0 Å². The molecule has 0 aliphatic carbocycles. The Labute approximate surface area is 596 Å². The Balaban J connectivity index is 1.18. The molecule has 112 heavy (non-hydrogen) atoms. The second kappa shape index (κ2) is 25.6. The highest BCUT2D eigenvalue weighted by atomic mass is 19.2. The highest BCUT2D eigenvalue weighted by Gasteiger charge is 2.38. The number of hydrogen-bond donors (Lipinski definition) is 6. The molecule has 0 saturated heterocycles. The van der Waals surface area contributed by atoms with Gasteiger partial charge in [0.25, 0.3) is 0 Å². The van der Waals surface area contributed by atoms with Crippen LogP contribution in [0, 0.1) is 175 Å². The fourth-order valence-corrected chi connectivity index (χ4v) is 13.4. The predicted octanol–water partition coefficient (Wildman–Crippen LogP) is 23.5. The smallest absolute Gasteiger partial charge is 0.200 e. The molecule has 16 rings (SSSR count). The van der Waals surface area contributed by atoms with E-state index in [9.17, 15) is 17.6 Å². The third-order valence-electron chi connectivity index (χ3n) is 18.4. The fraction of sp³-hybridized carbons (Fsp3) is 0. The first-order chi connectivity index (χ1) is 53.1. The number of hydrogen-bond acceptors (Lipinski definition) is 2. The lowest BCUT2D eigenvalue weighted by Crippen LogP contribution is -2.05. The number of aromatic amines is 6. The summed E-state index contributed by atoms with van der Waals surface area (Å²) in [5.74, 6) is -83.0. The number of nitrogens with zero attached hydrogens (tertiary/aromatic N) is 2. The summed E-state index contributed by atoms with van der Waals surface area (Å²) in [4.78, 5) is 22.7. The van der Waals surface area contributed by atoms with Crippen molar-refractivity contribution >= 4 is 90.5 Å². The van der Waals surface area contributed by atoms with Gasteiger partial charge in [0.1, 0.15) is 0 Å². The minimum absolute atomic E-state index is 0.504. The topological polar surface area (TPSA) is 121 Å². The van der Waals surface area contributed by atoms with Gasteiger partial charge in [0.15, 0.2) is 140 Å². The Hall–Kier alpha value is -13.3. The van der Waals surface area contributed by atoms with E-state index in [1.54, 1.807) is 0 Å². The molecule has 0 atom stereocenters. The summed E-state index contributed by atoms with van der Waals surface area (Å²) in [6, 6.07) is 5.80. The molecule has 0 radical (unpaired) electrons. The highest BCUT2D eigenvalue weighted by Crippen LogP contribution is 2.49. The van der Waals surface area contributed by atoms with Gasteiger partial charge < -0.3 is 29.9 Å². The molecule has 16 bridgehead atoms. The molecular weight excluding hydrogens is 1570 g/mol. The molecule has 6 N–H and O–H groups in total. The van der Waals surface area contributed by atoms with E-state index >= 15 is 114 Å². The lowest BCUT2D eigenvalue weighted by molar-refractivity contribution is 0.381.